The molecule has 6 N–H and O–H groups in total. The number of aliphatic hydroxyl groups excluding tert-OH is 1. The van der Waals surface area contributed by atoms with Gasteiger partial charge in [0, 0.05) is 12.3 Å². The molecule has 1 aliphatic heterocycles. The number of nitrogens with zero attached hydrogens (tertiary/aromatic N) is 1. The Kier molecular flexibility index (Phi) is 8.13. The third-order valence-electron chi connectivity index (χ3n) is 3.88. The van der Waals surface area contributed by atoms with Gasteiger partial charge >= 0.3 is 5.97 Å². The molecule has 3 amide bonds. The van der Waals surface area contributed by atoms with Crippen LogP contribution < -0.4 is 16.4 Å². The average molecular weight is 376 g/mol. The smallest absolute Gasteiger partial charge is 0.327 e. The van der Waals surface area contributed by atoms with Gasteiger partial charge in [-0.3, -0.25) is 14.4 Å². The number of nitrogens with one attached hydrogen (secondary N) is 2. The standard InChI is InChI=1S/C14H24N4O6S/c1-7(19)11(15)13(22)18-4-2-3-9(18)12(21)16-5-10(20)17-8(6-25)14(23)24/h7-9,11,19,25H,2-6,15H2,1H3,(H,16,21)(H,17,20)(H,23,24). The molecule has 4 atom stereocenters. The minimum atomic E-state index is -1.23. The number of carbonyl (C=O) groups excluding carboxylic acids is 3. The molecular formula is C14H24N4O6S. The predicted molar refractivity (Wildman–Crippen MR) is 90.8 cm³/mol. The molecule has 1 fully saturated rings. The third-order valence-corrected chi connectivity index (χ3v) is 4.25. The number of hydrogen-bond donors (Lipinski definition) is 6. The van der Waals surface area contributed by atoms with E-state index in [4.69, 9.17) is 10.8 Å². The van der Waals surface area contributed by atoms with Gasteiger partial charge in [0.25, 0.3) is 0 Å². The van der Waals surface area contributed by atoms with Crippen LogP contribution in [0.2, 0.25) is 0 Å². The van der Waals surface area contributed by atoms with Gasteiger partial charge < -0.3 is 31.5 Å². The minimum absolute atomic E-state index is 0.0862. The van der Waals surface area contributed by atoms with E-state index in [1.54, 1.807) is 0 Å². The number of nitrogens with two attached hydrogens (primary N) is 1. The van der Waals surface area contributed by atoms with Gasteiger partial charge in [0.1, 0.15) is 18.1 Å². The molecule has 0 bridgehead atoms. The van der Waals surface area contributed by atoms with Crippen molar-refractivity contribution < 1.29 is 29.4 Å². The van der Waals surface area contributed by atoms with Crippen LogP contribution in [-0.2, 0) is 19.2 Å². The molecule has 142 valence electrons. The van der Waals surface area contributed by atoms with E-state index in [1.807, 2.05) is 0 Å². The summed E-state index contributed by atoms with van der Waals surface area (Å²) in [4.78, 5) is 48.2. The molecule has 0 radical (unpaired) electrons. The highest BCUT2D eigenvalue weighted by atomic mass is 32.1. The van der Waals surface area contributed by atoms with E-state index in [2.05, 4.69) is 23.3 Å². The number of thiol groups is 1. The first kappa shape index (κ1) is 21.2. The van der Waals surface area contributed by atoms with Crippen molar-refractivity contribution in [1.82, 2.24) is 15.5 Å². The van der Waals surface area contributed by atoms with Crippen LogP contribution >= 0.6 is 12.6 Å². The predicted octanol–water partition coefficient (Wildman–Crippen LogP) is -2.70. The topological polar surface area (TPSA) is 162 Å². The van der Waals surface area contributed by atoms with Crippen LogP contribution in [-0.4, -0.2) is 81.9 Å². The number of aliphatic hydroxyl groups is 1. The van der Waals surface area contributed by atoms with E-state index < -0.39 is 54.5 Å². The van der Waals surface area contributed by atoms with Crippen LogP contribution in [0.15, 0.2) is 0 Å². The lowest BCUT2D eigenvalue weighted by molar-refractivity contribution is -0.142. The summed E-state index contributed by atoms with van der Waals surface area (Å²) >= 11 is 3.82. The van der Waals surface area contributed by atoms with E-state index in [9.17, 15) is 24.3 Å². The van der Waals surface area contributed by atoms with Crippen LogP contribution in [0, 0.1) is 0 Å². The van der Waals surface area contributed by atoms with Crippen molar-refractivity contribution in [3.05, 3.63) is 0 Å². The Morgan fingerprint density at radius 1 is 1.36 bits per heavy atom. The number of carbonyl (C=O) groups is 4. The van der Waals surface area contributed by atoms with Gasteiger partial charge in [-0.2, -0.15) is 12.6 Å². The van der Waals surface area contributed by atoms with Crippen LogP contribution in [0.1, 0.15) is 19.8 Å². The van der Waals surface area contributed by atoms with Crippen LogP contribution in [0.25, 0.3) is 0 Å². The summed E-state index contributed by atoms with van der Waals surface area (Å²) in [5.74, 6) is -3.05. The zero-order chi connectivity index (χ0) is 19.1. The summed E-state index contributed by atoms with van der Waals surface area (Å²) in [6.07, 6.45) is -0.0274. The monoisotopic (exact) mass is 376 g/mol. The summed E-state index contributed by atoms with van der Waals surface area (Å²) in [5, 5.41) is 22.9. The summed E-state index contributed by atoms with van der Waals surface area (Å²) in [7, 11) is 0. The zero-order valence-electron chi connectivity index (χ0n) is 13.8. The Hall–Kier alpha value is -1.85. The second kappa shape index (κ2) is 9.59. The Bertz CT molecular complexity index is 529. The van der Waals surface area contributed by atoms with E-state index in [-0.39, 0.29) is 5.75 Å². The number of amides is 3. The number of aliphatic carboxylic acids is 1. The van der Waals surface area contributed by atoms with Gasteiger partial charge in [0.2, 0.25) is 17.7 Å². The molecule has 10 nitrogen and oxygen atoms in total. The summed E-state index contributed by atoms with van der Waals surface area (Å²) < 4.78 is 0. The molecule has 4 unspecified atom stereocenters. The number of rotatable bonds is 8. The Labute approximate surface area is 150 Å². The quantitative estimate of drug-likeness (QED) is 0.251. The SMILES string of the molecule is CC(O)C(N)C(=O)N1CCCC1C(=O)NCC(=O)NC(CS)C(=O)O. The van der Waals surface area contributed by atoms with Crippen LogP contribution in [0.3, 0.4) is 0 Å². The average Bonchev–Trinajstić information content (AvgIpc) is 3.05. The molecule has 0 aromatic carbocycles. The highest BCUT2D eigenvalue weighted by Crippen LogP contribution is 2.18. The van der Waals surface area contributed by atoms with Crippen molar-refractivity contribution >= 4 is 36.3 Å². The second-order valence-electron chi connectivity index (χ2n) is 5.81. The van der Waals surface area contributed by atoms with Crippen LogP contribution in [0.5, 0.6) is 0 Å². The fourth-order valence-corrected chi connectivity index (χ4v) is 2.66. The molecule has 0 aliphatic carbocycles. The lowest BCUT2D eigenvalue weighted by atomic mass is 10.1. The van der Waals surface area contributed by atoms with Crippen molar-refractivity contribution in [3.63, 3.8) is 0 Å². The largest absolute Gasteiger partial charge is 0.480 e. The Morgan fingerprint density at radius 3 is 2.52 bits per heavy atom. The van der Waals surface area contributed by atoms with Crippen molar-refractivity contribution in [2.45, 2.75) is 44.0 Å². The van der Waals surface area contributed by atoms with Gasteiger partial charge in [0.15, 0.2) is 0 Å². The van der Waals surface area contributed by atoms with Gasteiger partial charge in [-0.05, 0) is 19.8 Å². The maximum Gasteiger partial charge on any atom is 0.327 e. The molecule has 0 saturated carbocycles. The van der Waals surface area contributed by atoms with E-state index in [0.717, 1.165) is 0 Å². The van der Waals surface area contributed by atoms with E-state index in [1.165, 1.54) is 11.8 Å². The fourth-order valence-electron chi connectivity index (χ4n) is 2.42. The summed E-state index contributed by atoms with van der Waals surface area (Å²) in [6.45, 7) is 1.31. The molecule has 25 heavy (non-hydrogen) atoms. The first-order valence-corrected chi connectivity index (χ1v) is 8.47. The Balaban J connectivity index is 2.57. The first-order chi connectivity index (χ1) is 11.7. The highest BCUT2D eigenvalue weighted by Gasteiger charge is 2.37. The van der Waals surface area contributed by atoms with Crippen molar-refractivity contribution in [2.75, 3.05) is 18.8 Å². The maximum atomic E-state index is 12.2. The third kappa shape index (κ3) is 5.87. The first-order valence-electron chi connectivity index (χ1n) is 7.83. The molecule has 1 aliphatic rings. The van der Waals surface area contributed by atoms with Crippen molar-refractivity contribution in [2.24, 2.45) is 5.73 Å². The van der Waals surface area contributed by atoms with Gasteiger partial charge in [0.05, 0.1) is 12.6 Å². The van der Waals surface area contributed by atoms with E-state index >= 15 is 0 Å². The molecule has 1 heterocycles. The fraction of sp³-hybridized carbons (Fsp3) is 0.714. The minimum Gasteiger partial charge on any atom is -0.480 e. The summed E-state index contributed by atoms with van der Waals surface area (Å²) in [5.41, 5.74) is 5.62. The van der Waals surface area contributed by atoms with E-state index in [0.29, 0.717) is 19.4 Å². The number of carboxylic acid groups (broad SMARTS) is 1. The molecule has 0 aromatic heterocycles. The number of likely N-dealkylation sites (tertiary alicyclic amines) is 1. The van der Waals surface area contributed by atoms with Gasteiger partial charge in [-0.25, -0.2) is 4.79 Å². The lowest BCUT2D eigenvalue weighted by Crippen LogP contribution is -2.55. The zero-order valence-corrected chi connectivity index (χ0v) is 14.7. The molecule has 0 spiro atoms. The highest BCUT2D eigenvalue weighted by molar-refractivity contribution is 7.80. The van der Waals surface area contributed by atoms with Gasteiger partial charge in [-0.15, -0.1) is 0 Å². The second-order valence-corrected chi connectivity index (χ2v) is 6.18. The summed E-state index contributed by atoms with van der Waals surface area (Å²) in [6, 6.07) is -3.05. The van der Waals surface area contributed by atoms with Crippen LogP contribution in [0.4, 0.5) is 0 Å². The molecule has 1 rings (SSSR count). The normalized spacial score (nSPS) is 20.5. The lowest BCUT2D eigenvalue weighted by Gasteiger charge is -2.27. The molecule has 0 aromatic rings. The maximum absolute atomic E-state index is 12.2. The van der Waals surface area contributed by atoms with Gasteiger partial charge in [-0.1, -0.05) is 0 Å². The Morgan fingerprint density at radius 2 is 2.00 bits per heavy atom. The van der Waals surface area contributed by atoms with Crippen molar-refractivity contribution in [3.8, 4) is 0 Å². The molecular weight excluding hydrogens is 352 g/mol. The number of carboxylic acids is 1. The van der Waals surface area contributed by atoms with Crippen molar-refractivity contribution in [1.29, 1.82) is 0 Å². The molecule has 11 heteroatoms. The molecule has 1 saturated heterocycles. The number of hydrogen-bond acceptors (Lipinski definition) is 7.